The lowest BCUT2D eigenvalue weighted by atomic mass is 9.94. The summed E-state index contributed by atoms with van der Waals surface area (Å²) in [7, 11) is 0. The fourth-order valence-electron chi connectivity index (χ4n) is 3.12. The van der Waals surface area contributed by atoms with Crippen molar-refractivity contribution in [2.45, 2.75) is 73.3 Å². The minimum atomic E-state index is 0.933. The average Bonchev–Trinajstić information content (AvgIpc) is 2.65. The summed E-state index contributed by atoms with van der Waals surface area (Å²) in [5.74, 6) is 1.90. The van der Waals surface area contributed by atoms with Gasteiger partial charge in [-0.1, -0.05) is 41.5 Å². The van der Waals surface area contributed by atoms with E-state index < -0.39 is 0 Å². The van der Waals surface area contributed by atoms with Crippen molar-refractivity contribution in [2.75, 3.05) is 13.1 Å². The van der Waals surface area contributed by atoms with E-state index >= 15 is 0 Å². The van der Waals surface area contributed by atoms with E-state index in [1.807, 2.05) is 27.7 Å². The average molecular weight is 227 g/mol. The monoisotopic (exact) mass is 227 g/mol. The van der Waals surface area contributed by atoms with E-state index in [2.05, 4.69) is 18.7 Å². The zero-order valence-electron chi connectivity index (χ0n) is 12.4. The smallest absolute Gasteiger partial charge is 0.00983 e. The van der Waals surface area contributed by atoms with Crippen LogP contribution in [-0.4, -0.2) is 24.0 Å². The van der Waals surface area contributed by atoms with Crippen LogP contribution < -0.4 is 0 Å². The van der Waals surface area contributed by atoms with Gasteiger partial charge in [0.2, 0.25) is 0 Å². The van der Waals surface area contributed by atoms with E-state index in [4.69, 9.17) is 0 Å². The van der Waals surface area contributed by atoms with Gasteiger partial charge in [-0.25, -0.2) is 0 Å². The van der Waals surface area contributed by atoms with Gasteiger partial charge in [0.15, 0.2) is 0 Å². The first-order chi connectivity index (χ1) is 7.75. The molecule has 0 aliphatic carbocycles. The van der Waals surface area contributed by atoms with Crippen molar-refractivity contribution in [1.82, 2.24) is 4.90 Å². The second kappa shape index (κ2) is 9.04. The van der Waals surface area contributed by atoms with Crippen molar-refractivity contribution in [3.63, 3.8) is 0 Å². The van der Waals surface area contributed by atoms with E-state index in [-0.39, 0.29) is 0 Å². The normalized spacial score (nSPS) is 33.8. The summed E-state index contributed by atoms with van der Waals surface area (Å²) in [5, 5.41) is 0. The summed E-state index contributed by atoms with van der Waals surface area (Å²) >= 11 is 0. The molecule has 0 radical (unpaired) electrons. The van der Waals surface area contributed by atoms with Crippen molar-refractivity contribution < 1.29 is 0 Å². The number of nitrogens with zero attached hydrogens (tertiary/aromatic N) is 1. The van der Waals surface area contributed by atoms with Crippen LogP contribution in [-0.2, 0) is 0 Å². The van der Waals surface area contributed by atoms with Crippen molar-refractivity contribution in [2.24, 2.45) is 11.8 Å². The first kappa shape index (κ1) is 16.0. The molecule has 1 nitrogen and oxygen atoms in total. The molecule has 2 aliphatic heterocycles. The van der Waals surface area contributed by atoms with Gasteiger partial charge in [-0.2, -0.15) is 0 Å². The molecule has 2 heterocycles. The summed E-state index contributed by atoms with van der Waals surface area (Å²) in [5.41, 5.74) is 0. The first-order valence-electron chi connectivity index (χ1n) is 7.49. The number of hydrogen-bond acceptors (Lipinski definition) is 1. The summed E-state index contributed by atoms with van der Waals surface area (Å²) < 4.78 is 0. The molecule has 0 aromatic rings. The largest absolute Gasteiger partial charge is 0.300 e. The van der Waals surface area contributed by atoms with Crippen LogP contribution in [0.4, 0.5) is 0 Å². The molecule has 98 valence electrons. The van der Waals surface area contributed by atoms with E-state index in [0.717, 1.165) is 17.9 Å². The Balaban J connectivity index is 0.000000509. The van der Waals surface area contributed by atoms with Crippen LogP contribution in [0.25, 0.3) is 0 Å². The lowest BCUT2D eigenvalue weighted by Gasteiger charge is -2.22. The van der Waals surface area contributed by atoms with E-state index in [1.54, 1.807) is 0 Å². The van der Waals surface area contributed by atoms with Gasteiger partial charge in [0.1, 0.15) is 0 Å². The fourth-order valence-corrected chi connectivity index (χ4v) is 3.12. The molecule has 3 unspecified atom stereocenters. The third-order valence-corrected chi connectivity index (χ3v) is 3.52. The van der Waals surface area contributed by atoms with Gasteiger partial charge in [0, 0.05) is 12.6 Å². The molecule has 0 aromatic heterocycles. The Kier molecular flexibility index (Phi) is 9.02. The molecule has 0 N–H and O–H groups in total. The summed E-state index contributed by atoms with van der Waals surface area (Å²) in [6.45, 7) is 15.6. The lowest BCUT2D eigenvalue weighted by molar-refractivity contribution is 0.235. The predicted molar refractivity (Wildman–Crippen MR) is 74.9 cm³/mol. The standard InChI is InChI=1S/C11H21N.2C2H6/c1-9-6-10(2)8-12-5-3-4-11(12)7-9;2*1-2/h9-11H,3-8H2,1-2H3;2*1-2H3. The predicted octanol–water partition coefficient (Wildman–Crippen LogP) is 4.57. The van der Waals surface area contributed by atoms with Crippen molar-refractivity contribution >= 4 is 0 Å². The first-order valence-corrected chi connectivity index (χ1v) is 7.49. The van der Waals surface area contributed by atoms with Gasteiger partial charge in [-0.3, -0.25) is 0 Å². The van der Waals surface area contributed by atoms with Gasteiger partial charge < -0.3 is 4.90 Å². The maximum atomic E-state index is 2.73. The third-order valence-electron chi connectivity index (χ3n) is 3.52. The van der Waals surface area contributed by atoms with E-state index in [0.29, 0.717) is 0 Å². The molecule has 0 amide bonds. The Bertz CT molecular complexity index is 140. The van der Waals surface area contributed by atoms with E-state index in [9.17, 15) is 0 Å². The Hall–Kier alpha value is -0.0400. The molecule has 0 bridgehead atoms. The Labute approximate surface area is 104 Å². The van der Waals surface area contributed by atoms with Crippen LogP contribution in [0.3, 0.4) is 0 Å². The molecule has 0 saturated carbocycles. The molecule has 2 saturated heterocycles. The van der Waals surface area contributed by atoms with Crippen LogP contribution in [0.1, 0.15) is 67.2 Å². The van der Waals surface area contributed by atoms with Crippen LogP contribution in [0.15, 0.2) is 0 Å². The third kappa shape index (κ3) is 4.86. The minimum Gasteiger partial charge on any atom is -0.300 e. The SMILES string of the molecule is CC.CC.CC1CC(C)CN2CCCC2C1. The summed E-state index contributed by atoms with van der Waals surface area (Å²) in [6.07, 6.45) is 5.83. The van der Waals surface area contributed by atoms with Crippen LogP contribution in [0.5, 0.6) is 0 Å². The lowest BCUT2D eigenvalue weighted by Crippen LogP contribution is -2.30. The zero-order valence-corrected chi connectivity index (χ0v) is 12.4. The second-order valence-corrected chi connectivity index (χ2v) is 4.97. The molecular formula is C15H33N. The highest BCUT2D eigenvalue weighted by atomic mass is 15.2. The topological polar surface area (TPSA) is 3.24 Å². The summed E-state index contributed by atoms with van der Waals surface area (Å²) in [6, 6.07) is 0.949. The van der Waals surface area contributed by atoms with Crippen LogP contribution >= 0.6 is 0 Å². The van der Waals surface area contributed by atoms with Gasteiger partial charge in [0.25, 0.3) is 0 Å². The maximum Gasteiger partial charge on any atom is 0.00983 e. The molecule has 2 fully saturated rings. The highest BCUT2D eigenvalue weighted by Crippen LogP contribution is 2.31. The Morgan fingerprint density at radius 3 is 2.12 bits per heavy atom. The highest BCUT2D eigenvalue weighted by Gasteiger charge is 2.30. The number of rotatable bonds is 0. The molecular weight excluding hydrogens is 194 g/mol. The van der Waals surface area contributed by atoms with Crippen LogP contribution in [0, 0.1) is 11.8 Å². The molecule has 0 spiro atoms. The van der Waals surface area contributed by atoms with Crippen molar-refractivity contribution in [3.8, 4) is 0 Å². The van der Waals surface area contributed by atoms with Gasteiger partial charge >= 0.3 is 0 Å². The number of hydrogen-bond donors (Lipinski definition) is 0. The molecule has 2 rings (SSSR count). The van der Waals surface area contributed by atoms with Gasteiger partial charge in [0.05, 0.1) is 0 Å². The van der Waals surface area contributed by atoms with E-state index in [1.165, 1.54) is 38.8 Å². The summed E-state index contributed by atoms with van der Waals surface area (Å²) in [4.78, 5) is 2.73. The fraction of sp³-hybridized carbons (Fsp3) is 1.00. The molecule has 3 atom stereocenters. The Morgan fingerprint density at radius 1 is 0.875 bits per heavy atom. The van der Waals surface area contributed by atoms with Crippen molar-refractivity contribution in [3.05, 3.63) is 0 Å². The van der Waals surface area contributed by atoms with Gasteiger partial charge in [-0.15, -0.1) is 0 Å². The van der Waals surface area contributed by atoms with Crippen LogP contribution in [0.2, 0.25) is 0 Å². The molecule has 1 heteroatoms. The zero-order chi connectivity index (χ0) is 12.6. The Morgan fingerprint density at radius 2 is 1.50 bits per heavy atom. The second-order valence-electron chi connectivity index (χ2n) is 4.97. The quantitative estimate of drug-likeness (QED) is 0.586. The maximum absolute atomic E-state index is 2.73. The van der Waals surface area contributed by atoms with Crippen molar-refractivity contribution in [1.29, 1.82) is 0 Å². The minimum absolute atomic E-state index is 0.933. The van der Waals surface area contributed by atoms with Gasteiger partial charge in [-0.05, 0) is 44.1 Å². The molecule has 16 heavy (non-hydrogen) atoms. The molecule has 2 aliphatic rings. The number of fused-ring (bicyclic) bond motifs is 1. The molecule has 0 aromatic carbocycles. The highest BCUT2D eigenvalue weighted by molar-refractivity contribution is 4.85.